The molecule has 0 atom stereocenters. The number of carbonyl (C=O) groups is 1. The van der Waals surface area contributed by atoms with Crippen molar-refractivity contribution in [1.82, 2.24) is 20.3 Å². The van der Waals surface area contributed by atoms with E-state index in [-0.39, 0.29) is 5.91 Å². The fourth-order valence-corrected chi connectivity index (χ4v) is 2.66. The Balaban J connectivity index is 1.91. The number of fused-ring (bicyclic) bond motifs is 1. The Bertz CT molecular complexity index is 637. The number of carbonyl (C=O) groups excluding carboxylic acids is 1. The summed E-state index contributed by atoms with van der Waals surface area (Å²) in [7, 11) is 0. The Kier molecular flexibility index (Phi) is 4.40. The van der Waals surface area contributed by atoms with E-state index in [1.54, 1.807) is 12.3 Å². The fourth-order valence-electron chi connectivity index (χ4n) is 2.55. The van der Waals surface area contributed by atoms with Gasteiger partial charge in [0, 0.05) is 37.6 Å². The molecule has 7 heteroatoms. The highest BCUT2D eigenvalue weighted by Crippen LogP contribution is 2.26. The minimum Gasteiger partial charge on any atom is -0.381 e. The number of aromatic nitrogens is 3. The van der Waals surface area contributed by atoms with Gasteiger partial charge in [-0.3, -0.25) is 4.79 Å². The van der Waals surface area contributed by atoms with Gasteiger partial charge in [-0.05, 0) is 18.9 Å². The van der Waals surface area contributed by atoms with Crippen molar-refractivity contribution in [2.24, 2.45) is 0 Å². The van der Waals surface area contributed by atoms with Gasteiger partial charge in [0.25, 0.3) is 5.91 Å². The maximum atomic E-state index is 12.2. The lowest BCUT2D eigenvalue weighted by molar-refractivity contribution is 0.0838. The summed E-state index contributed by atoms with van der Waals surface area (Å²) in [6.07, 6.45) is 3.51. The van der Waals surface area contributed by atoms with Crippen LogP contribution in [0.1, 0.15) is 34.9 Å². The third-order valence-corrected chi connectivity index (χ3v) is 3.88. The Hall–Kier alpha value is -1.60. The second-order valence-electron chi connectivity index (χ2n) is 5.05. The fraction of sp³-hybridized carbons (Fsp3) is 0.500. The molecule has 21 heavy (non-hydrogen) atoms. The van der Waals surface area contributed by atoms with Crippen LogP contribution in [0, 0.1) is 0 Å². The van der Waals surface area contributed by atoms with E-state index in [0.717, 1.165) is 31.9 Å². The average molecular weight is 306 g/mol. The molecular formula is C14H18N4O2S. The maximum absolute atomic E-state index is 12.2. The Morgan fingerprint density at radius 3 is 3.05 bits per heavy atom. The van der Waals surface area contributed by atoms with Crippen LogP contribution in [0.4, 0.5) is 0 Å². The summed E-state index contributed by atoms with van der Waals surface area (Å²) < 4.78 is 5.37. The molecule has 0 bridgehead atoms. The lowest BCUT2D eigenvalue weighted by atomic mass is 10.00. The maximum Gasteiger partial charge on any atom is 0.253 e. The van der Waals surface area contributed by atoms with Gasteiger partial charge >= 0.3 is 0 Å². The van der Waals surface area contributed by atoms with Gasteiger partial charge in [-0.1, -0.05) is 0 Å². The Morgan fingerprint density at radius 1 is 1.48 bits per heavy atom. The monoisotopic (exact) mass is 306 g/mol. The van der Waals surface area contributed by atoms with Gasteiger partial charge in [0.15, 0.2) is 5.65 Å². The first kappa shape index (κ1) is 14.3. The first-order valence-corrected chi connectivity index (χ1v) is 7.74. The SMILES string of the molecule is O=C(NCCS)c1ccnc2nc(C3CCOCC3)[nH]c12. The van der Waals surface area contributed by atoms with Gasteiger partial charge in [-0.2, -0.15) is 12.6 Å². The summed E-state index contributed by atoms with van der Waals surface area (Å²) in [5.41, 5.74) is 1.87. The van der Waals surface area contributed by atoms with E-state index in [2.05, 4.69) is 32.9 Å². The van der Waals surface area contributed by atoms with E-state index in [9.17, 15) is 4.79 Å². The Labute approximate surface area is 128 Å². The number of aromatic amines is 1. The van der Waals surface area contributed by atoms with Crippen molar-refractivity contribution in [1.29, 1.82) is 0 Å². The summed E-state index contributed by atoms with van der Waals surface area (Å²) in [5.74, 6) is 1.73. The number of rotatable bonds is 4. The molecule has 1 fully saturated rings. The summed E-state index contributed by atoms with van der Waals surface area (Å²) in [4.78, 5) is 24.2. The normalized spacial score (nSPS) is 16.2. The van der Waals surface area contributed by atoms with Crippen molar-refractivity contribution >= 4 is 29.7 Å². The van der Waals surface area contributed by atoms with Gasteiger partial charge in [-0.15, -0.1) is 0 Å². The van der Waals surface area contributed by atoms with Crippen molar-refractivity contribution in [3.63, 3.8) is 0 Å². The first-order valence-electron chi connectivity index (χ1n) is 7.11. The summed E-state index contributed by atoms with van der Waals surface area (Å²) in [6.45, 7) is 2.04. The minimum atomic E-state index is -0.126. The quantitative estimate of drug-likeness (QED) is 0.748. The molecule has 3 rings (SSSR count). The smallest absolute Gasteiger partial charge is 0.253 e. The lowest BCUT2D eigenvalue weighted by Crippen LogP contribution is -2.25. The van der Waals surface area contributed by atoms with E-state index in [0.29, 0.717) is 34.9 Å². The van der Waals surface area contributed by atoms with Crippen LogP contribution in [0.2, 0.25) is 0 Å². The van der Waals surface area contributed by atoms with Gasteiger partial charge in [0.1, 0.15) is 5.82 Å². The molecule has 1 aliphatic heterocycles. The van der Waals surface area contributed by atoms with Crippen molar-refractivity contribution in [2.45, 2.75) is 18.8 Å². The van der Waals surface area contributed by atoms with Gasteiger partial charge in [0.2, 0.25) is 0 Å². The van der Waals surface area contributed by atoms with Crippen molar-refractivity contribution in [3.05, 3.63) is 23.7 Å². The zero-order chi connectivity index (χ0) is 14.7. The van der Waals surface area contributed by atoms with Crippen LogP contribution in [0.25, 0.3) is 11.2 Å². The summed E-state index contributed by atoms with van der Waals surface area (Å²) in [5, 5.41) is 2.82. The molecule has 0 aromatic carbocycles. The molecular weight excluding hydrogens is 288 g/mol. The van der Waals surface area contributed by atoms with Crippen molar-refractivity contribution < 1.29 is 9.53 Å². The van der Waals surface area contributed by atoms with Gasteiger partial charge in [0.05, 0.1) is 11.1 Å². The zero-order valence-corrected chi connectivity index (χ0v) is 12.5. The molecule has 2 N–H and O–H groups in total. The van der Waals surface area contributed by atoms with E-state index in [1.807, 2.05) is 0 Å². The Morgan fingerprint density at radius 2 is 2.29 bits per heavy atom. The van der Waals surface area contributed by atoms with E-state index < -0.39 is 0 Å². The molecule has 6 nitrogen and oxygen atoms in total. The highest BCUT2D eigenvalue weighted by atomic mass is 32.1. The number of hydrogen-bond donors (Lipinski definition) is 3. The molecule has 2 aromatic rings. The second kappa shape index (κ2) is 6.44. The molecule has 3 heterocycles. The number of imidazole rings is 1. The number of ether oxygens (including phenoxy) is 1. The van der Waals surface area contributed by atoms with Gasteiger partial charge in [-0.25, -0.2) is 9.97 Å². The number of hydrogen-bond acceptors (Lipinski definition) is 5. The minimum absolute atomic E-state index is 0.126. The van der Waals surface area contributed by atoms with E-state index in [1.165, 1.54) is 0 Å². The number of nitrogens with one attached hydrogen (secondary N) is 2. The third-order valence-electron chi connectivity index (χ3n) is 3.66. The molecule has 0 spiro atoms. The van der Waals surface area contributed by atoms with E-state index >= 15 is 0 Å². The van der Waals surface area contributed by atoms with Crippen LogP contribution in [-0.2, 0) is 4.74 Å². The van der Waals surface area contributed by atoms with Crippen LogP contribution in [-0.4, -0.2) is 46.4 Å². The molecule has 1 saturated heterocycles. The number of thiol groups is 1. The van der Waals surface area contributed by atoms with Crippen molar-refractivity contribution in [2.75, 3.05) is 25.5 Å². The van der Waals surface area contributed by atoms with Crippen molar-refractivity contribution in [3.8, 4) is 0 Å². The molecule has 1 amide bonds. The first-order chi connectivity index (χ1) is 10.3. The summed E-state index contributed by atoms with van der Waals surface area (Å²) >= 11 is 4.10. The highest BCUT2D eigenvalue weighted by Gasteiger charge is 2.21. The standard InChI is InChI=1S/C14H18N4O2S/c19-14(16-5-8-21)10-1-4-15-13-11(10)17-12(18-13)9-2-6-20-7-3-9/h1,4,9,21H,2-3,5-8H2,(H,16,19)(H,15,17,18). The van der Waals surface area contributed by atoms with Gasteiger partial charge < -0.3 is 15.0 Å². The highest BCUT2D eigenvalue weighted by molar-refractivity contribution is 7.80. The topological polar surface area (TPSA) is 79.9 Å². The molecule has 112 valence electrons. The molecule has 0 radical (unpaired) electrons. The van der Waals surface area contributed by atoms with Crippen LogP contribution >= 0.6 is 12.6 Å². The number of pyridine rings is 1. The molecule has 1 aliphatic rings. The average Bonchev–Trinajstić information content (AvgIpc) is 2.97. The molecule has 0 unspecified atom stereocenters. The predicted octanol–water partition coefficient (Wildman–Crippen LogP) is 1.51. The van der Waals surface area contributed by atoms with Crippen LogP contribution in [0.3, 0.4) is 0 Å². The number of H-pyrrole nitrogens is 1. The van der Waals surface area contributed by atoms with Crippen LogP contribution in [0.15, 0.2) is 12.3 Å². The predicted molar refractivity (Wildman–Crippen MR) is 82.9 cm³/mol. The van der Waals surface area contributed by atoms with Crippen LogP contribution in [0.5, 0.6) is 0 Å². The molecule has 2 aromatic heterocycles. The van der Waals surface area contributed by atoms with Crippen LogP contribution < -0.4 is 5.32 Å². The zero-order valence-electron chi connectivity index (χ0n) is 11.6. The third kappa shape index (κ3) is 3.03. The number of nitrogens with zero attached hydrogens (tertiary/aromatic N) is 2. The second-order valence-corrected chi connectivity index (χ2v) is 5.49. The number of amides is 1. The summed E-state index contributed by atoms with van der Waals surface area (Å²) in [6, 6.07) is 1.71. The molecule has 0 saturated carbocycles. The lowest BCUT2D eigenvalue weighted by Gasteiger charge is -2.19. The van der Waals surface area contributed by atoms with E-state index in [4.69, 9.17) is 4.74 Å². The molecule has 0 aliphatic carbocycles. The largest absolute Gasteiger partial charge is 0.381 e.